The number of ether oxygens (including phenoxy) is 2. The Balaban J connectivity index is 1.91. The number of unbranched alkanes of at least 4 members (excludes halogenated alkanes) is 6. The molecule has 0 bridgehead atoms. The van der Waals surface area contributed by atoms with E-state index in [1.54, 1.807) is 48.5 Å². The topological polar surface area (TPSA) is 52.6 Å². The van der Waals surface area contributed by atoms with Crippen molar-refractivity contribution in [3.05, 3.63) is 59.7 Å². The van der Waals surface area contributed by atoms with Crippen molar-refractivity contribution in [2.45, 2.75) is 64.6 Å². The second kappa shape index (κ2) is 12.7. The number of hydrogen-bond acceptors (Lipinski definition) is 4. The summed E-state index contributed by atoms with van der Waals surface area (Å²) in [4.78, 5) is 21.6. The fraction of sp³-hybridized carbons (Fsp3) is 0.417. The van der Waals surface area contributed by atoms with Crippen LogP contribution in [-0.2, 0) is 0 Å². The molecule has 0 aliphatic heterocycles. The molecule has 2 rings (SSSR count). The van der Waals surface area contributed by atoms with Crippen molar-refractivity contribution in [2.24, 2.45) is 0 Å². The van der Waals surface area contributed by atoms with E-state index >= 15 is 0 Å². The summed E-state index contributed by atoms with van der Waals surface area (Å²) < 4.78 is 12.0. The van der Waals surface area contributed by atoms with E-state index in [1.165, 1.54) is 32.1 Å². The van der Waals surface area contributed by atoms with Crippen LogP contribution in [0.15, 0.2) is 48.5 Å². The van der Waals surface area contributed by atoms with Crippen LogP contribution in [0, 0.1) is 0 Å². The quantitative estimate of drug-likeness (QED) is 0.221. The molecule has 0 atom stereocenters. The summed E-state index contributed by atoms with van der Waals surface area (Å²) in [5, 5.41) is 0. The van der Waals surface area contributed by atoms with Crippen LogP contribution in [0.4, 0.5) is 0 Å². The number of benzene rings is 2. The third kappa shape index (κ3) is 7.95. The van der Waals surface area contributed by atoms with E-state index in [0.717, 1.165) is 31.8 Å². The number of aldehydes is 2. The first-order valence-electron chi connectivity index (χ1n) is 10.2. The van der Waals surface area contributed by atoms with E-state index in [4.69, 9.17) is 9.47 Å². The fourth-order valence-electron chi connectivity index (χ4n) is 2.96. The van der Waals surface area contributed by atoms with Crippen molar-refractivity contribution in [3.63, 3.8) is 0 Å². The first-order chi connectivity index (χ1) is 13.7. The number of hydrogen-bond donors (Lipinski definition) is 0. The molecule has 0 spiro atoms. The second-order valence-electron chi connectivity index (χ2n) is 6.95. The number of carbonyl (C=O) groups excluding carboxylic acids is 2. The SMILES string of the molecule is CCCCCCCCCC(Oc1ccc(C=O)cc1)Oc1ccc(C=O)cc1. The standard InChI is InChI=1S/C24H30O4/c1-2-3-4-5-6-7-8-9-24(27-22-14-10-20(18-25)11-15-22)28-23-16-12-21(19-26)13-17-23/h10-19,24H,2-9H2,1H3. The van der Waals surface area contributed by atoms with Crippen LogP contribution < -0.4 is 9.47 Å². The van der Waals surface area contributed by atoms with Crippen LogP contribution in [-0.4, -0.2) is 18.9 Å². The van der Waals surface area contributed by atoms with Crippen molar-refractivity contribution < 1.29 is 19.1 Å². The highest BCUT2D eigenvalue weighted by atomic mass is 16.7. The van der Waals surface area contributed by atoms with E-state index in [1.807, 2.05) is 0 Å². The lowest BCUT2D eigenvalue weighted by molar-refractivity contribution is -0.00246. The molecular weight excluding hydrogens is 352 g/mol. The first-order valence-corrected chi connectivity index (χ1v) is 10.2. The predicted molar refractivity (Wildman–Crippen MR) is 111 cm³/mol. The van der Waals surface area contributed by atoms with Crippen molar-refractivity contribution in [1.29, 1.82) is 0 Å². The Morgan fingerprint density at radius 2 is 1.11 bits per heavy atom. The van der Waals surface area contributed by atoms with Crippen molar-refractivity contribution >= 4 is 12.6 Å². The molecule has 0 unspecified atom stereocenters. The van der Waals surface area contributed by atoms with Gasteiger partial charge in [-0.2, -0.15) is 0 Å². The molecule has 0 aliphatic rings. The molecule has 0 aliphatic carbocycles. The van der Waals surface area contributed by atoms with Gasteiger partial charge in [0.1, 0.15) is 24.1 Å². The summed E-state index contributed by atoms with van der Waals surface area (Å²) in [7, 11) is 0. The molecule has 4 heteroatoms. The molecule has 0 saturated carbocycles. The van der Waals surface area contributed by atoms with Crippen molar-refractivity contribution in [2.75, 3.05) is 0 Å². The first kappa shape index (κ1) is 21.7. The van der Waals surface area contributed by atoms with Crippen LogP contribution in [0.3, 0.4) is 0 Å². The van der Waals surface area contributed by atoms with E-state index < -0.39 is 6.29 Å². The summed E-state index contributed by atoms with van der Waals surface area (Å²) in [6.45, 7) is 2.22. The largest absolute Gasteiger partial charge is 0.455 e. The van der Waals surface area contributed by atoms with Crippen LogP contribution in [0.25, 0.3) is 0 Å². The highest BCUT2D eigenvalue weighted by Gasteiger charge is 2.13. The Labute approximate surface area is 167 Å². The van der Waals surface area contributed by atoms with Gasteiger partial charge in [-0.1, -0.05) is 45.4 Å². The normalized spacial score (nSPS) is 10.6. The number of rotatable bonds is 14. The lowest BCUT2D eigenvalue weighted by Gasteiger charge is -2.21. The van der Waals surface area contributed by atoms with Crippen molar-refractivity contribution in [3.8, 4) is 11.5 Å². The summed E-state index contributed by atoms with van der Waals surface area (Å²) in [5.41, 5.74) is 1.22. The van der Waals surface area contributed by atoms with Gasteiger partial charge in [0.25, 0.3) is 0 Å². The minimum Gasteiger partial charge on any atom is -0.455 e. The van der Waals surface area contributed by atoms with E-state index in [2.05, 4.69) is 6.92 Å². The van der Waals surface area contributed by atoms with E-state index in [0.29, 0.717) is 22.6 Å². The minimum atomic E-state index is -0.417. The van der Waals surface area contributed by atoms with Gasteiger partial charge in [-0.15, -0.1) is 0 Å². The van der Waals surface area contributed by atoms with Gasteiger partial charge < -0.3 is 9.47 Å². The molecule has 0 fully saturated rings. The van der Waals surface area contributed by atoms with Gasteiger partial charge in [0, 0.05) is 17.5 Å². The van der Waals surface area contributed by atoms with Crippen LogP contribution in [0.1, 0.15) is 79.0 Å². The molecule has 4 nitrogen and oxygen atoms in total. The molecule has 0 amide bonds. The van der Waals surface area contributed by atoms with Crippen LogP contribution >= 0.6 is 0 Å². The zero-order chi connectivity index (χ0) is 20.0. The molecule has 0 aromatic heterocycles. The smallest absolute Gasteiger partial charge is 0.241 e. The molecule has 2 aromatic rings. The molecule has 2 aromatic carbocycles. The minimum absolute atomic E-state index is 0.417. The molecule has 0 saturated heterocycles. The number of carbonyl (C=O) groups is 2. The Hall–Kier alpha value is -2.62. The van der Waals surface area contributed by atoms with E-state index in [-0.39, 0.29) is 0 Å². The van der Waals surface area contributed by atoms with Gasteiger partial charge >= 0.3 is 0 Å². The summed E-state index contributed by atoms with van der Waals surface area (Å²) in [6.07, 6.45) is 10.5. The van der Waals surface area contributed by atoms with Crippen LogP contribution in [0.2, 0.25) is 0 Å². The highest BCUT2D eigenvalue weighted by molar-refractivity contribution is 5.75. The molecule has 150 valence electrons. The van der Waals surface area contributed by atoms with Gasteiger partial charge in [-0.25, -0.2) is 0 Å². The summed E-state index contributed by atoms with van der Waals surface area (Å²) >= 11 is 0. The molecule has 0 N–H and O–H groups in total. The Bertz CT molecular complexity index is 638. The van der Waals surface area contributed by atoms with Crippen LogP contribution in [0.5, 0.6) is 11.5 Å². The van der Waals surface area contributed by atoms with Gasteiger partial charge in [0.15, 0.2) is 0 Å². The van der Waals surface area contributed by atoms with Gasteiger partial charge in [-0.3, -0.25) is 9.59 Å². The monoisotopic (exact) mass is 382 g/mol. The fourth-order valence-corrected chi connectivity index (χ4v) is 2.96. The Morgan fingerprint density at radius 3 is 1.54 bits per heavy atom. The summed E-state index contributed by atoms with van der Waals surface area (Å²) in [6, 6.07) is 14.0. The maximum absolute atomic E-state index is 10.8. The average Bonchev–Trinajstić information content (AvgIpc) is 2.74. The zero-order valence-electron chi connectivity index (χ0n) is 16.6. The molecule has 0 heterocycles. The lowest BCUT2D eigenvalue weighted by atomic mass is 10.1. The van der Waals surface area contributed by atoms with E-state index in [9.17, 15) is 9.59 Å². The Kier molecular flexibility index (Phi) is 9.84. The molecule has 0 radical (unpaired) electrons. The zero-order valence-corrected chi connectivity index (χ0v) is 16.6. The molecule has 28 heavy (non-hydrogen) atoms. The highest BCUT2D eigenvalue weighted by Crippen LogP contribution is 2.21. The maximum atomic E-state index is 10.8. The summed E-state index contributed by atoms with van der Waals surface area (Å²) in [5.74, 6) is 1.34. The van der Waals surface area contributed by atoms with Gasteiger partial charge in [0.2, 0.25) is 6.29 Å². The van der Waals surface area contributed by atoms with Crippen molar-refractivity contribution in [1.82, 2.24) is 0 Å². The lowest BCUT2D eigenvalue weighted by Crippen LogP contribution is -2.24. The Morgan fingerprint density at radius 1 is 0.679 bits per heavy atom. The maximum Gasteiger partial charge on any atom is 0.241 e. The third-order valence-electron chi connectivity index (χ3n) is 4.61. The third-order valence-corrected chi connectivity index (χ3v) is 4.61. The second-order valence-corrected chi connectivity index (χ2v) is 6.95. The van der Waals surface area contributed by atoms with Gasteiger partial charge in [-0.05, 0) is 55.0 Å². The average molecular weight is 383 g/mol. The predicted octanol–water partition coefficient (Wildman–Crippen LogP) is 6.24. The molecular formula is C24H30O4. The van der Waals surface area contributed by atoms with Gasteiger partial charge in [0.05, 0.1) is 0 Å².